The van der Waals surface area contributed by atoms with E-state index in [-0.39, 0.29) is 0 Å². The Labute approximate surface area is 129 Å². The monoisotopic (exact) mass is 297 g/mol. The summed E-state index contributed by atoms with van der Waals surface area (Å²) in [4.78, 5) is 9.29. The lowest BCUT2D eigenvalue weighted by molar-refractivity contribution is 0.986. The van der Waals surface area contributed by atoms with E-state index in [2.05, 4.69) is 34.3 Å². The van der Waals surface area contributed by atoms with Crippen molar-refractivity contribution in [3.63, 3.8) is 0 Å². The maximum Gasteiger partial charge on any atom is 0.137 e. The number of nitrogens with one attached hydrogen (secondary N) is 1. The van der Waals surface area contributed by atoms with Crippen LogP contribution in [0.15, 0.2) is 48.5 Å². The van der Waals surface area contributed by atoms with E-state index in [0.717, 1.165) is 29.1 Å². The summed E-state index contributed by atoms with van der Waals surface area (Å²) in [5.74, 6) is 1.66. The number of anilines is 1. The number of hydrogen-bond donors (Lipinski definition) is 1. The number of rotatable bonds is 4. The fourth-order valence-electron chi connectivity index (χ4n) is 2.31. The predicted octanol–water partition coefficient (Wildman–Crippen LogP) is 4.31. The van der Waals surface area contributed by atoms with Gasteiger partial charge in [0.25, 0.3) is 0 Å². The first-order chi connectivity index (χ1) is 10.3. The van der Waals surface area contributed by atoms with Crippen molar-refractivity contribution in [2.24, 2.45) is 0 Å². The molecule has 1 N–H and O–H groups in total. The van der Waals surface area contributed by atoms with Gasteiger partial charge >= 0.3 is 0 Å². The Balaban J connectivity index is 2.06. The molecule has 1 aromatic heterocycles. The van der Waals surface area contributed by atoms with E-state index in [1.54, 1.807) is 0 Å². The molecule has 0 aliphatic heterocycles. The number of benzene rings is 2. The highest BCUT2D eigenvalue weighted by Gasteiger charge is 2.08. The third-order valence-corrected chi connectivity index (χ3v) is 3.49. The second-order valence-electron chi connectivity index (χ2n) is 4.84. The van der Waals surface area contributed by atoms with Crippen molar-refractivity contribution in [1.29, 1.82) is 0 Å². The molecule has 21 heavy (non-hydrogen) atoms. The molecule has 3 aromatic rings. The van der Waals surface area contributed by atoms with Crippen LogP contribution in [0.2, 0.25) is 5.02 Å². The van der Waals surface area contributed by atoms with Crippen LogP contribution >= 0.6 is 11.6 Å². The summed E-state index contributed by atoms with van der Waals surface area (Å²) < 4.78 is 0. The molecule has 0 saturated heterocycles. The molecule has 0 atom stereocenters. The van der Waals surface area contributed by atoms with Crippen LogP contribution in [0.1, 0.15) is 18.3 Å². The highest BCUT2D eigenvalue weighted by molar-refractivity contribution is 6.31. The van der Waals surface area contributed by atoms with Crippen molar-refractivity contribution in [3.8, 4) is 0 Å². The lowest BCUT2D eigenvalue weighted by Crippen LogP contribution is -2.05. The molecule has 2 aromatic carbocycles. The smallest absolute Gasteiger partial charge is 0.137 e. The molecule has 0 bridgehead atoms. The molecule has 0 saturated carbocycles. The van der Waals surface area contributed by atoms with Gasteiger partial charge in [-0.2, -0.15) is 0 Å². The third kappa shape index (κ3) is 3.14. The summed E-state index contributed by atoms with van der Waals surface area (Å²) in [6.07, 6.45) is 0.710. The van der Waals surface area contributed by atoms with Crippen LogP contribution in [0.5, 0.6) is 0 Å². The molecule has 0 spiro atoms. The molecule has 0 radical (unpaired) electrons. The van der Waals surface area contributed by atoms with Crippen molar-refractivity contribution in [2.75, 3.05) is 11.9 Å². The molecule has 0 fully saturated rings. The zero-order chi connectivity index (χ0) is 14.7. The average molecular weight is 298 g/mol. The van der Waals surface area contributed by atoms with E-state index < -0.39 is 0 Å². The molecule has 0 aliphatic rings. The lowest BCUT2D eigenvalue weighted by Gasteiger charge is -2.10. The van der Waals surface area contributed by atoms with Crippen molar-refractivity contribution in [1.82, 2.24) is 9.97 Å². The summed E-state index contributed by atoms with van der Waals surface area (Å²) in [6, 6.07) is 15.9. The van der Waals surface area contributed by atoms with Crippen molar-refractivity contribution in [3.05, 3.63) is 64.9 Å². The van der Waals surface area contributed by atoms with E-state index in [1.807, 2.05) is 36.4 Å². The molecule has 3 nitrogen and oxygen atoms in total. The second kappa shape index (κ2) is 6.10. The van der Waals surface area contributed by atoms with Gasteiger partial charge in [-0.1, -0.05) is 41.9 Å². The van der Waals surface area contributed by atoms with Gasteiger partial charge in [0.2, 0.25) is 0 Å². The van der Waals surface area contributed by atoms with Crippen molar-refractivity contribution >= 4 is 28.3 Å². The summed E-state index contributed by atoms with van der Waals surface area (Å²) in [5.41, 5.74) is 2.07. The van der Waals surface area contributed by atoms with Crippen LogP contribution in [0.4, 0.5) is 5.82 Å². The molecular weight excluding hydrogens is 282 g/mol. The topological polar surface area (TPSA) is 37.8 Å². The van der Waals surface area contributed by atoms with Gasteiger partial charge in [-0.3, -0.25) is 0 Å². The Morgan fingerprint density at radius 1 is 1.05 bits per heavy atom. The van der Waals surface area contributed by atoms with Gasteiger partial charge in [-0.25, -0.2) is 9.97 Å². The molecule has 4 heteroatoms. The number of nitrogens with zero attached hydrogens (tertiary/aromatic N) is 2. The first-order valence-corrected chi connectivity index (χ1v) is 7.38. The minimum Gasteiger partial charge on any atom is -0.370 e. The first kappa shape index (κ1) is 13.8. The van der Waals surface area contributed by atoms with Gasteiger partial charge < -0.3 is 5.32 Å². The molecular formula is C17H16ClN3. The molecule has 1 heterocycles. The number of fused-ring (bicyclic) bond motifs is 1. The van der Waals surface area contributed by atoms with E-state index >= 15 is 0 Å². The largest absolute Gasteiger partial charge is 0.370 e. The number of hydrogen-bond acceptors (Lipinski definition) is 3. The van der Waals surface area contributed by atoms with E-state index in [9.17, 15) is 0 Å². The molecule has 3 rings (SSSR count). The van der Waals surface area contributed by atoms with Crippen molar-refractivity contribution in [2.45, 2.75) is 13.3 Å². The minimum absolute atomic E-state index is 0.689. The Kier molecular flexibility index (Phi) is 4.02. The number of halogens is 1. The van der Waals surface area contributed by atoms with Gasteiger partial charge in [0.1, 0.15) is 11.6 Å². The normalized spacial score (nSPS) is 10.8. The summed E-state index contributed by atoms with van der Waals surface area (Å²) >= 11 is 6.08. The number of aromatic nitrogens is 2. The first-order valence-electron chi connectivity index (χ1n) is 7.00. The lowest BCUT2D eigenvalue weighted by atomic mass is 10.1. The Hall–Kier alpha value is -2.13. The highest BCUT2D eigenvalue weighted by Crippen LogP contribution is 2.24. The van der Waals surface area contributed by atoms with Crippen LogP contribution in [0.3, 0.4) is 0 Å². The van der Waals surface area contributed by atoms with Gasteiger partial charge in [0.15, 0.2) is 0 Å². The van der Waals surface area contributed by atoms with Crippen LogP contribution in [-0.4, -0.2) is 16.5 Å². The summed E-state index contributed by atoms with van der Waals surface area (Å²) in [5, 5.41) is 4.99. The summed E-state index contributed by atoms with van der Waals surface area (Å²) in [7, 11) is 0. The molecule has 0 amide bonds. The highest BCUT2D eigenvalue weighted by atomic mass is 35.5. The van der Waals surface area contributed by atoms with E-state index in [1.165, 1.54) is 5.56 Å². The second-order valence-corrected chi connectivity index (χ2v) is 5.28. The van der Waals surface area contributed by atoms with Crippen molar-refractivity contribution < 1.29 is 0 Å². The maximum atomic E-state index is 6.08. The third-order valence-electron chi connectivity index (χ3n) is 3.25. The molecule has 0 aliphatic carbocycles. The van der Waals surface area contributed by atoms with E-state index in [0.29, 0.717) is 11.4 Å². The maximum absolute atomic E-state index is 6.08. The Bertz CT molecular complexity index is 757. The summed E-state index contributed by atoms with van der Waals surface area (Å²) in [6.45, 7) is 2.88. The quantitative estimate of drug-likeness (QED) is 0.780. The SMILES string of the molecule is CCNc1nc(Cc2ccccc2)nc2cc(Cl)ccc12. The van der Waals surface area contributed by atoms with Crippen LogP contribution in [0.25, 0.3) is 10.9 Å². The minimum atomic E-state index is 0.689. The van der Waals surface area contributed by atoms with Crippen LogP contribution < -0.4 is 5.32 Å². The van der Waals surface area contributed by atoms with Crippen LogP contribution in [0, 0.1) is 0 Å². The van der Waals surface area contributed by atoms with Gasteiger partial charge in [-0.05, 0) is 30.7 Å². The molecule has 0 unspecified atom stereocenters. The fourth-order valence-corrected chi connectivity index (χ4v) is 2.48. The Morgan fingerprint density at radius 2 is 1.86 bits per heavy atom. The van der Waals surface area contributed by atoms with Gasteiger partial charge in [0.05, 0.1) is 5.52 Å². The van der Waals surface area contributed by atoms with Crippen LogP contribution in [-0.2, 0) is 6.42 Å². The van der Waals surface area contributed by atoms with Gasteiger partial charge in [0, 0.05) is 23.4 Å². The van der Waals surface area contributed by atoms with Gasteiger partial charge in [-0.15, -0.1) is 0 Å². The Morgan fingerprint density at radius 3 is 2.62 bits per heavy atom. The zero-order valence-corrected chi connectivity index (χ0v) is 12.6. The molecule has 106 valence electrons. The zero-order valence-electron chi connectivity index (χ0n) is 11.8. The fraction of sp³-hybridized carbons (Fsp3) is 0.176. The predicted molar refractivity (Wildman–Crippen MR) is 88.0 cm³/mol. The standard InChI is InChI=1S/C17H16ClN3/c1-2-19-17-14-9-8-13(18)11-15(14)20-16(21-17)10-12-6-4-3-5-7-12/h3-9,11H,2,10H2,1H3,(H,19,20,21). The average Bonchev–Trinajstić information content (AvgIpc) is 2.48. The van der Waals surface area contributed by atoms with E-state index in [4.69, 9.17) is 11.6 Å².